The second-order valence-corrected chi connectivity index (χ2v) is 10.5. The lowest BCUT2D eigenvalue weighted by Gasteiger charge is -2.36. The van der Waals surface area contributed by atoms with Crippen LogP contribution in [0.1, 0.15) is 36.3 Å². The Kier molecular flexibility index (Phi) is 5.50. The Labute approximate surface area is 204 Å². The number of rotatable bonds is 6. The van der Waals surface area contributed by atoms with Crippen LogP contribution in [0.4, 0.5) is 4.79 Å². The Morgan fingerprint density at radius 3 is 2.14 bits per heavy atom. The van der Waals surface area contributed by atoms with E-state index in [1.165, 1.54) is 22.3 Å². The summed E-state index contributed by atoms with van der Waals surface area (Å²) < 4.78 is 5.60. The van der Waals surface area contributed by atoms with Crippen molar-refractivity contribution in [1.82, 2.24) is 10.2 Å². The molecule has 2 aromatic carbocycles. The molecule has 2 aromatic rings. The number of carbonyl (C=O) groups is 3. The van der Waals surface area contributed by atoms with Crippen molar-refractivity contribution < 1.29 is 24.2 Å². The van der Waals surface area contributed by atoms with Crippen molar-refractivity contribution in [2.75, 3.05) is 26.2 Å². The number of benzene rings is 2. The van der Waals surface area contributed by atoms with Crippen molar-refractivity contribution in [3.8, 4) is 11.1 Å². The maximum atomic E-state index is 13.0. The number of aliphatic carboxylic acids is 1. The third kappa shape index (κ3) is 3.97. The van der Waals surface area contributed by atoms with Crippen LogP contribution in [0.15, 0.2) is 48.5 Å². The first-order valence-electron chi connectivity index (χ1n) is 12.6. The van der Waals surface area contributed by atoms with Gasteiger partial charge in [0, 0.05) is 31.5 Å². The van der Waals surface area contributed by atoms with Gasteiger partial charge in [0.1, 0.15) is 6.61 Å². The summed E-state index contributed by atoms with van der Waals surface area (Å²) in [6.45, 7) is 1.80. The fraction of sp³-hybridized carbons (Fsp3) is 0.464. The van der Waals surface area contributed by atoms with Gasteiger partial charge in [-0.2, -0.15) is 0 Å². The number of hydrogen-bond donors (Lipinski definition) is 2. The Hall–Kier alpha value is -3.35. The molecular weight excluding hydrogens is 444 g/mol. The van der Waals surface area contributed by atoms with Gasteiger partial charge in [0.15, 0.2) is 0 Å². The number of piperidine rings is 1. The molecule has 1 aliphatic heterocycles. The number of amides is 2. The van der Waals surface area contributed by atoms with Crippen molar-refractivity contribution >= 4 is 18.0 Å². The van der Waals surface area contributed by atoms with Crippen LogP contribution >= 0.6 is 0 Å². The Morgan fingerprint density at radius 1 is 0.943 bits per heavy atom. The second-order valence-electron chi connectivity index (χ2n) is 10.5. The zero-order valence-electron chi connectivity index (χ0n) is 19.6. The van der Waals surface area contributed by atoms with Crippen LogP contribution in [0.3, 0.4) is 0 Å². The summed E-state index contributed by atoms with van der Waals surface area (Å²) in [4.78, 5) is 38.8. The van der Waals surface area contributed by atoms with Crippen LogP contribution in [0.2, 0.25) is 0 Å². The highest BCUT2D eigenvalue weighted by Gasteiger charge is 2.51. The van der Waals surface area contributed by atoms with Crippen LogP contribution in [0.5, 0.6) is 0 Å². The maximum Gasteiger partial charge on any atom is 0.407 e. The van der Waals surface area contributed by atoms with E-state index >= 15 is 0 Å². The van der Waals surface area contributed by atoms with Gasteiger partial charge >= 0.3 is 12.1 Å². The number of nitrogens with one attached hydrogen (secondary N) is 1. The molecule has 3 fully saturated rings. The molecule has 4 aliphatic rings. The van der Waals surface area contributed by atoms with Crippen molar-refractivity contribution in [3.05, 3.63) is 59.7 Å². The van der Waals surface area contributed by atoms with Crippen LogP contribution in [0, 0.1) is 29.6 Å². The van der Waals surface area contributed by atoms with E-state index in [4.69, 9.17) is 4.74 Å². The van der Waals surface area contributed by atoms with E-state index in [-0.39, 0.29) is 48.0 Å². The number of ether oxygens (including phenoxy) is 1. The summed E-state index contributed by atoms with van der Waals surface area (Å²) >= 11 is 0. The first kappa shape index (κ1) is 22.1. The molecule has 0 aromatic heterocycles. The number of carbonyl (C=O) groups excluding carboxylic acids is 2. The number of fused-ring (bicyclic) bond motifs is 5. The average Bonchev–Trinajstić information content (AvgIpc) is 3.51. The lowest BCUT2D eigenvalue weighted by molar-refractivity contribution is -0.150. The van der Waals surface area contributed by atoms with E-state index in [9.17, 15) is 19.5 Å². The van der Waals surface area contributed by atoms with Gasteiger partial charge in [-0.25, -0.2) is 4.79 Å². The molecule has 2 saturated carbocycles. The SMILES string of the molecule is O=C(NC[C@H]1C[C@H]1C(=O)N1CC2CCC(C1)C2C(=O)O)OCC1c2ccccc2-c2ccccc21. The Balaban J connectivity index is 0.988. The van der Waals surface area contributed by atoms with E-state index in [1.54, 1.807) is 0 Å². The molecule has 2 unspecified atom stereocenters. The zero-order valence-corrected chi connectivity index (χ0v) is 19.6. The first-order chi connectivity index (χ1) is 17.0. The predicted octanol–water partition coefficient (Wildman–Crippen LogP) is 3.73. The summed E-state index contributed by atoms with van der Waals surface area (Å²) in [6.07, 6.45) is 2.09. The number of nitrogens with zero attached hydrogens (tertiary/aromatic N) is 1. The van der Waals surface area contributed by atoms with E-state index in [2.05, 4.69) is 29.6 Å². The van der Waals surface area contributed by atoms with Gasteiger partial charge in [-0.3, -0.25) is 9.59 Å². The van der Waals surface area contributed by atoms with Crippen molar-refractivity contribution in [3.63, 3.8) is 0 Å². The molecular formula is C28H30N2O5. The van der Waals surface area contributed by atoms with Crippen molar-refractivity contribution in [2.45, 2.75) is 25.2 Å². The summed E-state index contributed by atoms with van der Waals surface area (Å²) in [5.74, 6) is -0.691. The number of carboxylic acid groups (broad SMARTS) is 1. The van der Waals surface area contributed by atoms with Crippen LogP contribution in [-0.2, 0) is 14.3 Å². The lowest BCUT2D eigenvalue weighted by atomic mass is 9.85. The van der Waals surface area contributed by atoms with Gasteiger partial charge in [0.2, 0.25) is 5.91 Å². The van der Waals surface area contributed by atoms with Gasteiger partial charge < -0.3 is 20.1 Å². The smallest absolute Gasteiger partial charge is 0.407 e. The number of likely N-dealkylation sites (tertiary alicyclic amines) is 1. The van der Waals surface area contributed by atoms with Crippen LogP contribution in [-0.4, -0.2) is 54.2 Å². The average molecular weight is 475 g/mol. The quantitative estimate of drug-likeness (QED) is 0.665. The number of alkyl carbamates (subject to hydrolysis) is 1. The van der Waals surface area contributed by atoms with E-state index in [0.717, 1.165) is 19.3 Å². The molecule has 1 saturated heterocycles. The van der Waals surface area contributed by atoms with Gasteiger partial charge in [-0.05, 0) is 59.3 Å². The molecule has 0 spiro atoms. The van der Waals surface area contributed by atoms with Gasteiger partial charge in [0.25, 0.3) is 0 Å². The molecule has 3 aliphatic carbocycles. The molecule has 2 bridgehead atoms. The minimum Gasteiger partial charge on any atom is -0.481 e. The molecule has 7 nitrogen and oxygen atoms in total. The molecule has 1 heterocycles. The zero-order chi connectivity index (χ0) is 24.1. The summed E-state index contributed by atoms with van der Waals surface area (Å²) in [6, 6.07) is 16.5. The minimum absolute atomic E-state index is 0.0208. The fourth-order valence-electron chi connectivity index (χ4n) is 6.68. The van der Waals surface area contributed by atoms with Crippen LogP contribution in [0.25, 0.3) is 11.1 Å². The van der Waals surface area contributed by atoms with Crippen molar-refractivity contribution in [2.24, 2.45) is 29.6 Å². The largest absolute Gasteiger partial charge is 0.481 e. The molecule has 6 rings (SSSR count). The van der Waals surface area contributed by atoms with Crippen LogP contribution < -0.4 is 5.32 Å². The minimum atomic E-state index is -0.721. The van der Waals surface area contributed by atoms with E-state index < -0.39 is 12.1 Å². The molecule has 2 N–H and O–H groups in total. The number of hydrogen-bond acceptors (Lipinski definition) is 4. The third-order valence-corrected chi connectivity index (χ3v) is 8.52. The normalized spacial score (nSPS) is 28.2. The highest BCUT2D eigenvalue weighted by Crippen LogP contribution is 2.46. The molecule has 4 atom stereocenters. The topological polar surface area (TPSA) is 95.9 Å². The Bertz CT molecular complexity index is 1120. The highest BCUT2D eigenvalue weighted by atomic mass is 16.5. The maximum absolute atomic E-state index is 13.0. The second kappa shape index (κ2) is 8.70. The van der Waals surface area contributed by atoms with Gasteiger partial charge in [-0.15, -0.1) is 0 Å². The Morgan fingerprint density at radius 2 is 1.54 bits per heavy atom. The molecule has 182 valence electrons. The van der Waals surface area contributed by atoms with E-state index in [0.29, 0.717) is 19.6 Å². The third-order valence-electron chi connectivity index (χ3n) is 8.52. The summed E-state index contributed by atoms with van der Waals surface area (Å²) in [5.41, 5.74) is 4.74. The predicted molar refractivity (Wildman–Crippen MR) is 129 cm³/mol. The molecule has 2 amide bonds. The standard InChI is InChI=1S/C28H30N2O5/c31-26(30-13-16-9-10-17(14-30)25(16)27(32)33)23-11-18(23)12-29-28(34)35-15-24-21-7-3-1-5-19(21)20-6-2-4-8-22(20)24/h1-8,16-18,23-25H,9-15H2,(H,29,34)(H,32,33)/t16?,17?,18-,23-,25?/m1/s1. The molecule has 35 heavy (non-hydrogen) atoms. The van der Waals surface area contributed by atoms with E-state index in [1.807, 2.05) is 29.2 Å². The van der Waals surface area contributed by atoms with Crippen molar-refractivity contribution in [1.29, 1.82) is 0 Å². The van der Waals surface area contributed by atoms with Gasteiger partial charge in [0.05, 0.1) is 5.92 Å². The monoisotopic (exact) mass is 474 g/mol. The lowest BCUT2D eigenvalue weighted by Crippen LogP contribution is -2.48. The van der Waals surface area contributed by atoms with Gasteiger partial charge in [-0.1, -0.05) is 48.5 Å². The molecule has 7 heteroatoms. The summed E-state index contributed by atoms with van der Waals surface area (Å²) in [7, 11) is 0. The fourth-order valence-corrected chi connectivity index (χ4v) is 6.68. The summed E-state index contributed by atoms with van der Waals surface area (Å²) in [5, 5.41) is 12.3. The molecule has 0 radical (unpaired) electrons. The highest BCUT2D eigenvalue weighted by molar-refractivity contribution is 5.83. The number of carboxylic acids is 1. The first-order valence-corrected chi connectivity index (χ1v) is 12.6.